The Kier molecular flexibility index (Phi) is 4.38. The van der Waals surface area contributed by atoms with E-state index in [2.05, 4.69) is 31.3 Å². The van der Waals surface area contributed by atoms with Gasteiger partial charge in [-0.15, -0.1) is 0 Å². The number of piperidine rings is 1. The first kappa shape index (κ1) is 18.4. The van der Waals surface area contributed by atoms with Crippen LogP contribution in [-0.2, 0) is 0 Å². The molecule has 0 aromatic heterocycles. The van der Waals surface area contributed by atoms with E-state index in [1.54, 1.807) is 5.57 Å². The molecule has 8 atom stereocenters. The average molecular weight is 372 g/mol. The number of hydrogen-bond acceptors (Lipinski definition) is 3. The molecule has 1 saturated heterocycles. The maximum absolute atomic E-state index is 11.2. The fourth-order valence-electron chi connectivity index (χ4n) is 7.89. The molecule has 5 aliphatic rings. The van der Waals surface area contributed by atoms with Crippen LogP contribution in [0.4, 0.5) is 0 Å². The fraction of sp³-hybridized carbons (Fsp3) is 0.833. The third kappa shape index (κ3) is 2.64. The van der Waals surface area contributed by atoms with Gasteiger partial charge in [-0.25, -0.2) is 0 Å². The summed E-state index contributed by atoms with van der Waals surface area (Å²) in [7, 11) is 0. The van der Waals surface area contributed by atoms with Crippen LogP contribution < -0.4 is 5.32 Å². The summed E-state index contributed by atoms with van der Waals surface area (Å²) in [6, 6.07) is 0.567. The van der Waals surface area contributed by atoms with Crippen molar-refractivity contribution >= 4 is 0 Å². The zero-order valence-electron chi connectivity index (χ0n) is 17.1. The molecule has 0 spiro atoms. The molecular formula is C24H37NO2. The lowest BCUT2D eigenvalue weighted by atomic mass is 9.46. The summed E-state index contributed by atoms with van der Waals surface area (Å²) in [5, 5.41) is 25.2. The number of nitrogens with one attached hydrogen (secondary N) is 1. The molecule has 1 heterocycles. The van der Waals surface area contributed by atoms with Crippen molar-refractivity contribution in [1.29, 1.82) is 0 Å². The van der Waals surface area contributed by atoms with Crippen molar-refractivity contribution in [3.63, 3.8) is 0 Å². The summed E-state index contributed by atoms with van der Waals surface area (Å²) in [6.07, 6.45) is 14.5. The van der Waals surface area contributed by atoms with Crippen molar-refractivity contribution in [1.82, 2.24) is 5.32 Å². The molecule has 5 rings (SSSR count). The van der Waals surface area contributed by atoms with Crippen LogP contribution in [-0.4, -0.2) is 35.0 Å². The largest absolute Gasteiger partial charge is 0.393 e. The molecule has 3 N–H and O–H groups in total. The van der Waals surface area contributed by atoms with Crippen LogP contribution in [0.15, 0.2) is 23.3 Å². The highest BCUT2D eigenvalue weighted by Gasteiger charge is 2.59. The summed E-state index contributed by atoms with van der Waals surface area (Å²) >= 11 is 0. The van der Waals surface area contributed by atoms with Crippen molar-refractivity contribution < 1.29 is 10.2 Å². The Hall–Kier alpha value is -0.640. The number of aliphatic hydroxyl groups excluding tert-OH is 2. The van der Waals surface area contributed by atoms with Crippen LogP contribution in [0.3, 0.4) is 0 Å². The summed E-state index contributed by atoms with van der Waals surface area (Å²) in [5.74, 6) is 1.53. The van der Waals surface area contributed by atoms with Gasteiger partial charge in [0.2, 0.25) is 0 Å². The van der Waals surface area contributed by atoms with Gasteiger partial charge in [0, 0.05) is 6.04 Å². The topological polar surface area (TPSA) is 52.5 Å². The smallest absolute Gasteiger partial charge is 0.0757 e. The summed E-state index contributed by atoms with van der Waals surface area (Å²) in [5.41, 5.74) is 3.46. The first-order chi connectivity index (χ1) is 12.9. The molecule has 3 heteroatoms. The predicted molar refractivity (Wildman–Crippen MR) is 108 cm³/mol. The Morgan fingerprint density at radius 3 is 2.59 bits per heavy atom. The molecule has 150 valence electrons. The van der Waals surface area contributed by atoms with Crippen molar-refractivity contribution in [2.24, 2.45) is 28.6 Å². The Morgan fingerprint density at radius 2 is 1.81 bits per heavy atom. The minimum Gasteiger partial charge on any atom is -0.393 e. The van der Waals surface area contributed by atoms with Crippen molar-refractivity contribution in [3.8, 4) is 0 Å². The van der Waals surface area contributed by atoms with Crippen LogP contribution in [0.2, 0.25) is 0 Å². The van der Waals surface area contributed by atoms with E-state index in [9.17, 15) is 10.2 Å². The SMILES string of the molecule is C[C@]12CC[C@H](O)CC1=C[C@@H](O)[C@@H]1[C@@H]2CC[C@]2(C)C(C3CCCCN3)=CC[C@@H]12. The number of allylic oxidation sites excluding steroid dienone is 1. The van der Waals surface area contributed by atoms with Gasteiger partial charge >= 0.3 is 0 Å². The highest BCUT2D eigenvalue weighted by Crippen LogP contribution is 2.65. The monoisotopic (exact) mass is 371 g/mol. The van der Waals surface area contributed by atoms with E-state index in [0.717, 1.165) is 32.2 Å². The first-order valence-electron chi connectivity index (χ1n) is 11.4. The second kappa shape index (κ2) is 6.43. The zero-order valence-corrected chi connectivity index (χ0v) is 17.1. The van der Waals surface area contributed by atoms with Gasteiger partial charge < -0.3 is 15.5 Å². The van der Waals surface area contributed by atoms with Gasteiger partial charge in [-0.05, 0) is 86.5 Å². The third-order valence-electron chi connectivity index (χ3n) is 9.43. The molecule has 1 unspecified atom stereocenters. The summed E-state index contributed by atoms with van der Waals surface area (Å²) < 4.78 is 0. The molecule has 0 aromatic carbocycles. The van der Waals surface area contributed by atoms with Crippen molar-refractivity contribution in [2.45, 2.75) is 89.9 Å². The van der Waals surface area contributed by atoms with E-state index in [1.165, 1.54) is 37.7 Å². The van der Waals surface area contributed by atoms with E-state index in [-0.39, 0.29) is 23.0 Å². The quantitative estimate of drug-likeness (QED) is 0.612. The van der Waals surface area contributed by atoms with Gasteiger partial charge in [0.25, 0.3) is 0 Å². The van der Waals surface area contributed by atoms with Gasteiger partial charge in [-0.2, -0.15) is 0 Å². The Morgan fingerprint density at radius 1 is 1.00 bits per heavy atom. The molecule has 27 heavy (non-hydrogen) atoms. The average Bonchev–Trinajstić information content (AvgIpc) is 3.01. The van der Waals surface area contributed by atoms with E-state index in [4.69, 9.17) is 0 Å². The molecule has 3 fully saturated rings. The molecule has 0 radical (unpaired) electrons. The van der Waals surface area contributed by atoms with Crippen LogP contribution >= 0.6 is 0 Å². The second-order valence-electron chi connectivity index (χ2n) is 10.6. The lowest BCUT2D eigenvalue weighted by molar-refractivity contribution is -0.0787. The van der Waals surface area contributed by atoms with Gasteiger partial charge in [0.15, 0.2) is 0 Å². The molecule has 4 aliphatic carbocycles. The lowest BCUT2D eigenvalue weighted by Crippen LogP contribution is -2.55. The number of aliphatic hydroxyl groups is 2. The van der Waals surface area contributed by atoms with Crippen LogP contribution in [0.25, 0.3) is 0 Å². The molecule has 0 bridgehead atoms. The molecular weight excluding hydrogens is 334 g/mol. The summed E-state index contributed by atoms with van der Waals surface area (Å²) in [6.45, 7) is 6.09. The van der Waals surface area contributed by atoms with E-state index in [0.29, 0.717) is 23.8 Å². The minimum absolute atomic E-state index is 0.191. The Labute approximate surface area is 164 Å². The highest BCUT2D eigenvalue weighted by molar-refractivity contribution is 5.34. The van der Waals surface area contributed by atoms with E-state index >= 15 is 0 Å². The standard InChI is InChI=1S/C24H37NO2/c1-23-10-8-16(26)13-15(23)14-21(27)22-18-7-6-17(20-5-3-4-12-25-20)24(18,2)11-9-19(22)23/h6,14,16,18-22,25-27H,3-5,7-13H2,1-2H3/t16-,18-,19-,20?,21+,22-,23-,24+/m0/s1. The molecule has 1 aliphatic heterocycles. The van der Waals surface area contributed by atoms with Gasteiger partial charge in [-0.3, -0.25) is 0 Å². The number of hydrogen-bond donors (Lipinski definition) is 3. The van der Waals surface area contributed by atoms with E-state index < -0.39 is 0 Å². The minimum atomic E-state index is -0.333. The van der Waals surface area contributed by atoms with Gasteiger partial charge in [-0.1, -0.05) is 43.6 Å². The maximum atomic E-state index is 11.2. The molecule has 0 amide bonds. The van der Waals surface area contributed by atoms with Crippen molar-refractivity contribution in [2.75, 3.05) is 6.54 Å². The van der Waals surface area contributed by atoms with Gasteiger partial charge in [0.05, 0.1) is 12.2 Å². The van der Waals surface area contributed by atoms with Gasteiger partial charge in [0.1, 0.15) is 0 Å². The molecule has 3 nitrogen and oxygen atoms in total. The number of rotatable bonds is 1. The van der Waals surface area contributed by atoms with Crippen molar-refractivity contribution in [3.05, 3.63) is 23.3 Å². The second-order valence-corrected chi connectivity index (χ2v) is 10.6. The Bertz CT molecular complexity index is 663. The number of fused-ring (bicyclic) bond motifs is 5. The van der Waals surface area contributed by atoms with E-state index in [1.807, 2.05) is 0 Å². The first-order valence-corrected chi connectivity index (χ1v) is 11.4. The lowest BCUT2D eigenvalue weighted by Gasteiger charge is -2.59. The maximum Gasteiger partial charge on any atom is 0.0757 e. The van der Waals surface area contributed by atoms with Crippen LogP contribution in [0.5, 0.6) is 0 Å². The Balaban J connectivity index is 1.46. The highest BCUT2D eigenvalue weighted by atomic mass is 16.3. The summed E-state index contributed by atoms with van der Waals surface area (Å²) in [4.78, 5) is 0. The van der Waals surface area contributed by atoms with Crippen LogP contribution in [0, 0.1) is 28.6 Å². The zero-order chi connectivity index (χ0) is 18.8. The molecule has 0 aromatic rings. The fourth-order valence-corrected chi connectivity index (χ4v) is 7.89. The normalized spacial score (nSPS) is 52.3. The molecule has 2 saturated carbocycles. The third-order valence-corrected chi connectivity index (χ3v) is 9.43. The van der Waals surface area contributed by atoms with Crippen LogP contribution in [0.1, 0.15) is 71.6 Å². The predicted octanol–water partition coefficient (Wildman–Crippen LogP) is 3.96.